The van der Waals surface area contributed by atoms with Crippen LogP contribution in [0.3, 0.4) is 0 Å². The Balaban J connectivity index is 0.00000210. The Hall–Kier alpha value is -2.19. The maximum atomic E-state index is 13.5. The van der Waals surface area contributed by atoms with E-state index in [-0.39, 0.29) is 36.8 Å². The number of nitrogens with two attached hydrogens (primary N) is 2. The zero-order valence-electron chi connectivity index (χ0n) is 15.6. The van der Waals surface area contributed by atoms with E-state index in [2.05, 4.69) is 10.3 Å². The molecule has 158 valence electrons. The number of nitrogens with one attached hydrogen (secondary N) is 2. The highest BCUT2D eigenvalue weighted by Crippen LogP contribution is 2.26. The highest BCUT2D eigenvalue weighted by atomic mass is 35.5. The third-order valence-corrected chi connectivity index (χ3v) is 4.42. The molecule has 0 spiro atoms. The number of halogens is 4. The van der Waals surface area contributed by atoms with Crippen LogP contribution in [0.5, 0.6) is 0 Å². The Morgan fingerprint density at radius 3 is 2.41 bits per heavy atom. The Bertz CT molecular complexity index is 965. The number of benzene rings is 2. The minimum Gasteiger partial charge on any atom is -0.351 e. The van der Waals surface area contributed by atoms with E-state index in [9.17, 15) is 13.6 Å². The van der Waals surface area contributed by atoms with Crippen LogP contribution in [0.4, 0.5) is 8.78 Å². The maximum Gasteiger partial charge on any atom is 0.267 e. The summed E-state index contributed by atoms with van der Waals surface area (Å²) >= 11 is 0. The van der Waals surface area contributed by atoms with Crippen LogP contribution in [0.2, 0.25) is 0 Å². The number of hydrogen-bond donors (Lipinski definition) is 4. The average molecular weight is 445 g/mol. The molecule has 0 aliphatic carbocycles. The highest BCUT2D eigenvalue weighted by Gasteiger charge is 2.12. The summed E-state index contributed by atoms with van der Waals surface area (Å²) in [5, 5.41) is 3.65. The second kappa shape index (κ2) is 11.1. The first-order chi connectivity index (χ1) is 13.0. The molecule has 0 saturated heterocycles. The summed E-state index contributed by atoms with van der Waals surface area (Å²) < 4.78 is 26.6. The summed E-state index contributed by atoms with van der Waals surface area (Å²) in [4.78, 5) is 15.4. The lowest BCUT2D eigenvalue weighted by Crippen LogP contribution is -2.37. The summed E-state index contributed by atoms with van der Waals surface area (Å²) in [7, 11) is 0. The van der Waals surface area contributed by atoms with Crippen LogP contribution >= 0.6 is 24.8 Å². The van der Waals surface area contributed by atoms with Crippen LogP contribution < -0.4 is 16.8 Å². The molecule has 0 aliphatic heterocycles. The molecule has 29 heavy (non-hydrogen) atoms. The van der Waals surface area contributed by atoms with Gasteiger partial charge in [-0.1, -0.05) is 18.2 Å². The fraction of sp³-hybridized carbons (Fsp3) is 0.250. The molecule has 1 atom stereocenters. The Kier molecular flexibility index (Phi) is 9.52. The lowest BCUT2D eigenvalue weighted by atomic mass is 10.0. The molecule has 0 fully saturated rings. The smallest absolute Gasteiger partial charge is 0.267 e. The van der Waals surface area contributed by atoms with Gasteiger partial charge in [-0.25, -0.2) is 8.78 Å². The number of carbonyl (C=O) groups is 1. The monoisotopic (exact) mass is 444 g/mol. The third kappa shape index (κ3) is 6.14. The molecular formula is C20H24Cl2F2N4O. The van der Waals surface area contributed by atoms with Crippen molar-refractivity contribution in [2.45, 2.75) is 18.9 Å². The number of H-pyrrole nitrogens is 1. The lowest BCUT2D eigenvalue weighted by Gasteiger charge is -2.11. The zero-order chi connectivity index (χ0) is 19.4. The molecule has 1 amide bonds. The Labute approximate surface area is 180 Å². The van der Waals surface area contributed by atoms with E-state index >= 15 is 0 Å². The second-order valence-electron chi connectivity index (χ2n) is 6.51. The van der Waals surface area contributed by atoms with E-state index in [1.807, 2.05) is 6.07 Å². The molecule has 5 nitrogen and oxygen atoms in total. The fourth-order valence-corrected chi connectivity index (χ4v) is 2.91. The summed E-state index contributed by atoms with van der Waals surface area (Å²) in [6, 6.07) is 10.8. The van der Waals surface area contributed by atoms with Gasteiger partial charge in [0.05, 0.1) is 0 Å². The van der Waals surface area contributed by atoms with Gasteiger partial charge >= 0.3 is 0 Å². The second-order valence-corrected chi connectivity index (χ2v) is 6.51. The molecule has 1 aromatic heterocycles. The molecule has 9 heteroatoms. The number of hydrogen-bond acceptors (Lipinski definition) is 3. The molecule has 1 unspecified atom stereocenters. The number of carbonyl (C=O) groups excluding carboxylic acids is 1. The first kappa shape index (κ1) is 24.8. The molecule has 3 rings (SSSR count). The van der Waals surface area contributed by atoms with Crippen LogP contribution in [-0.4, -0.2) is 30.0 Å². The van der Waals surface area contributed by atoms with Crippen molar-refractivity contribution in [3.63, 3.8) is 0 Å². The van der Waals surface area contributed by atoms with Crippen molar-refractivity contribution in [2.24, 2.45) is 11.5 Å². The summed E-state index contributed by atoms with van der Waals surface area (Å²) in [6.45, 7) is 0.943. The predicted octanol–water partition coefficient (Wildman–Crippen LogP) is 3.75. The van der Waals surface area contributed by atoms with Gasteiger partial charge in [-0.3, -0.25) is 4.79 Å². The van der Waals surface area contributed by atoms with Crippen molar-refractivity contribution in [2.75, 3.05) is 13.1 Å². The van der Waals surface area contributed by atoms with Crippen molar-refractivity contribution in [3.05, 3.63) is 59.8 Å². The standard InChI is InChI=1S/C20H22F2N4O.2ClH/c21-16-6-5-12(8-17(16)22)13-3-4-14-10-19(26-18(14)9-13)20(27)25-11-15(24)2-1-7-23;;/h3-6,8-10,15,26H,1-2,7,11,23-24H2,(H,25,27);2*1H. The van der Waals surface area contributed by atoms with Gasteiger partial charge in [0.25, 0.3) is 5.91 Å². The van der Waals surface area contributed by atoms with Crippen molar-refractivity contribution >= 4 is 41.6 Å². The van der Waals surface area contributed by atoms with Crippen LogP contribution in [0.25, 0.3) is 22.0 Å². The Morgan fingerprint density at radius 1 is 1.03 bits per heavy atom. The summed E-state index contributed by atoms with van der Waals surface area (Å²) in [5.74, 6) is -2.03. The molecule has 0 bridgehead atoms. The van der Waals surface area contributed by atoms with Gasteiger partial charge in [-0.2, -0.15) is 0 Å². The number of aromatic amines is 1. The minimum atomic E-state index is -0.898. The molecule has 0 radical (unpaired) electrons. The van der Waals surface area contributed by atoms with E-state index in [0.29, 0.717) is 24.3 Å². The van der Waals surface area contributed by atoms with Crippen molar-refractivity contribution < 1.29 is 13.6 Å². The van der Waals surface area contributed by atoms with Gasteiger partial charge < -0.3 is 21.8 Å². The number of rotatable bonds is 7. The average Bonchev–Trinajstić information content (AvgIpc) is 3.10. The first-order valence-corrected chi connectivity index (χ1v) is 8.80. The van der Waals surface area contributed by atoms with Gasteiger partial charge in [0, 0.05) is 23.5 Å². The number of aromatic nitrogens is 1. The van der Waals surface area contributed by atoms with E-state index in [1.165, 1.54) is 6.07 Å². The van der Waals surface area contributed by atoms with Gasteiger partial charge in [-0.05, 0) is 54.8 Å². The fourth-order valence-electron chi connectivity index (χ4n) is 2.91. The van der Waals surface area contributed by atoms with Gasteiger partial charge in [0.1, 0.15) is 5.69 Å². The molecular weight excluding hydrogens is 421 g/mol. The summed E-state index contributed by atoms with van der Waals surface area (Å²) in [6.07, 6.45) is 1.57. The molecule has 3 aromatic rings. The molecule has 0 aliphatic rings. The van der Waals surface area contributed by atoms with Crippen molar-refractivity contribution in [3.8, 4) is 11.1 Å². The van der Waals surface area contributed by atoms with Crippen LogP contribution in [-0.2, 0) is 0 Å². The van der Waals surface area contributed by atoms with E-state index < -0.39 is 11.6 Å². The SMILES string of the molecule is Cl.Cl.NCCCC(N)CNC(=O)c1cc2ccc(-c3ccc(F)c(F)c3)cc2[nH]1. The molecule has 2 aromatic carbocycles. The predicted molar refractivity (Wildman–Crippen MR) is 117 cm³/mol. The third-order valence-electron chi connectivity index (χ3n) is 4.42. The maximum absolute atomic E-state index is 13.5. The molecule has 1 heterocycles. The number of amides is 1. The normalized spacial score (nSPS) is 11.4. The van der Waals surface area contributed by atoms with Crippen molar-refractivity contribution in [1.29, 1.82) is 0 Å². The van der Waals surface area contributed by atoms with E-state index in [4.69, 9.17) is 11.5 Å². The minimum absolute atomic E-state index is 0. The van der Waals surface area contributed by atoms with Gasteiger partial charge in [0.15, 0.2) is 11.6 Å². The first-order valence-electron chi connectivity index (χ1n) is 8.80. The quantitative estimate of drug-likeness (QED) is 0.446. The topological polar surface area (TPSA) is 96.9 Å². The lowest BCUT2D eigenvalue weighted by molar-refractivity contribution is 0.0946. The van der Waals surface area contributed by atoms with Crippen LogP contribution in [0.1, 0.15) is 23.3 Å². The van der Waals surface area contributed by atoms with Crippen molar-refractivity contribution in [1.82, 2.24) is 10.3 Å². The summed E-state index contributed by atoms with van der Waals surface area (Å²) in [5.41, 5.74) is 13.8. The largest absolute Gasteiger partial charge is 0.351 e. The van der Waals surface area contributed by atoms with Crippen LogP contribution in [0.15, 0.2) is 42.5 Å². The Morgan fingerprint density at radius 2 is 1.72 bits per heavy atom. The highest BCUT2D eigenvalue weighted by molar-refractivity contribution is 5.98. The van der Waals surface area contributed by atoms with E-state index in [0.717, 1.165) is 41.4 Å². The molecule has 6 N–H and O–H groups in total. The van der Waals surface area contributed by atoms with Gasteiger partial charge in [-0.15, -0.1) is 24.8 Å². The van der Waals surface area contributed by atoms with E-state index in [1.54, 1.807) is 18.2 Å². The number of fused-ring (bicyclic) bond motifs is 1. The van der Waals surface area contributed by atoms with Crippen LogP contribution in [0, 0.1) is 11.6 Å². The van der Waals surface area contributed by atoms with Gasteiger partial charge in [0.2, 0.25) is 0 Å². The zero-order valence-corrected chi connectivity index (χ0v) is 17.2. The molecule has 0 saturated carbocycles.